The van der Waals surface area contributed by atoms with Crippen LogP contribution in [0.25, 0.3) is 0 Å². The average Bonchev–Trinajstić information content (AvgIpc) is 2.54. The molecule has 0 saturated heterocycles. The van der Waals surface area contributed by atoms with Crippen LogP contribution in [0, 0.1) is 17.1 Å². The summed E-state index contributed by atoms with van der Waals surface area (Å²) in [5.41, 5.74) is 0.831. The van der Waals surface area contributed by atoms with E-state index in [9.17, 15) is 4.39 Å². The Bertz CT molecular complexity index is 556. The molecule has 5 heteroatoms. The van der Waals surface area contributed by atoms with Crippen LogP contribution in [-0.4, -0.2) is 18.5 Å². The van der Waals surface area contributed by atoms with Gasteiger partial charge in [-0.2, -0.15) is 5.26 Å². The zero-order valence-electron chi connectivity index (χ0n) is 13.0. The van der Waals surface area contributed by atoms with Gasteiger partial charge in [-0.05, 0) is 31.9 Å². The van der Waals surface area contributed by atoms with Crippen molar-refractivity contribution in [1.82, 2.24) is 10.6 Å². The van der Waals surface area contributed by atoms with Crippen LogP contribution in [0.2, 0.25) is 0 Å². The molecule has 0 amide bonds. The predicted molar refractivity (Wildman–Crippen MR) is 85.9 cm³/mol. The highest BCUT2D eigenvalue weighted by Crippen LogP contribution is 2.17. The lowest BCUT2D eigenvalue weighted by Crippen LogP contribution is -2.44. The fourth-order valence-corrected chi connectivity index (χ4v) is 2.67. The largest absolute Gasteiger partial charge is 0.357 e. The third-order valence-corrected chi connectivity index (χ3v) is 3.88. The van der Waals surface area contributed by atoms with Crippen molar-refractivity contribution in [2.75, 3.05) is 6.54 Å². The minimum absolute atomic E-state index is 0.263. The Morgan fingerprint density at radius 1 is 1.36 bits per heavy atom. The molecule has 2 rings (SSSR count). The van der Waals surface area contributed by atoms with E-state index in [0.717, 1.165) is 25.3 Å². The molecule has 22 heavy (non-hydrogen) atoms. The summed E-state index contributed by atoms with van der Waals surface area (Å²) in [6, 6.07) is 6.89. The number of hydrogen-bond acceptors (Lipinski definition) is 2. The molecule has 118 valence electrons. The Hall–Kier alpha value is -2.09. The van der Waals surface area contributed by atoms with Crippen LogP contribution in [0.1, 0.15) is 50.2 Å². The van der Waals surface area contributed by atoms with E-state index in [-0.39, 0.29) is 12.4 Å². The zero-order valence-corrected chi connectivity index (χ0v) is 13.0. The maximum Gasteiger partial charge on any atom is 0.191 e. The number of nitrogens with one attached hydrogen (secondary N) is 2. The second-order valence-electron chi connectivity index (χ2n) is 5.59. The Morgan fingerprint density at radius 2 is 2.14 bits per heavy atom. The van der Waals surface area contributed by atoms with Crippen LogP contribution in [0.15, 0.2) is 23.2 Å². The van der Waals surface area contributed by atoms with Crippen molar-refractivity contribution in [2.45, 2.75) is 51.6 Å². The van der Waals surface area contributed by atoms with Gasteiger partial charge in [0.2, 0.25) is 0 Å². The van der Waals surface area contributed by atoms with E-state index in [1.54, 1.807) is 12.1 Å². The molecule has 4 nitrogen and oxygen atoms in total. The molecule has 1 saturated carbocycles. The monoisotopic (exact) mass is 302 g/mol. The summed E-state index contributed by atoms with van der Waals surface area (Å²) in [6.45, 7) is 3.05. The molecule has 1 aliphatic carbocycles. The van der Waals surface area contributed by atoms with E-state index in [1.807, 2.05) is 13.0 Å². The van der Waals surface area contributed by atoms with Gasteiger partial charge in [0.05, 0.1) is 18.2 Å². The van der Waals surface area contributed by atoms with Crippen LogP contribution in [0.3, 0.4) is 0 Å². The van der Waals surface area contributed by atoms with Crippen molar-refractivity contribution in [3.8, 4) is 6.07 Å². The second kappa shape index (κ2) is 8.38. The molecule has 1 aromatic carbocycles. The highest BCUT2D eigenvalue weighted by molar-refractivity contribution is 5.80. The number of guanidine groups is 1. The van der Waals surface area contributed by atoms with E-state index in [1.165, 1.54) is 25.3 Å². The third kappa shape index (κ3) is 4.73. The quantitative estimate of drug-likeness (QED) is 0.664. The van der Waals surface area contributed by atoms with E-state index >= 15 is 0 Å². The Labute approximate surface area is 131 Å². The standard InChI is InChI=1S/C17H23FN4/c1-2-20-17(22-15-6-4-3-5-7-15)21-12-14-9-8-13(11-19)10-16(14)18/h8-10,15H,2-7,12H2,1H3,(H2,20,21,22). The molecule has 2 N–H and O–H groups in total. The maximum atomic E-state index is 13.9. The van der Waals surface area contributed by atoms with E-state index in [2.05, 4.69) is 15.6 Å². The molecule has 1 fully saturated rings. The van der Waals surface area contributed by atoms with E-state index < -0.39 is 0 Å². The lowest BCUT2D eigenvalue weighted by molar-refractivity contribution is 0.410. The van der Waals surface area contributed by atoms with Crippen LogP contribution in [-0.2, 0) is 6.54 Å². The van der Waals surface area contributed by atoms with Gasteiger partial charge in [0.25, 0.3) is 0 Å². The molecular formula is C17H23FN4. The second-order valence-corrected chi connectivity index (χ2v) is 5.59. The molecule has 0 bridgehead atoms. The molecule has 0 aromatic heterocycles. The van der Waals surface area contributed by atoms with Crippen molar-refractivity contribution < 1.29 is 4.39 Å². The Balaban J connectivity index is 2.01. The number of nitriles is 1. The minimum atomic E-state index is -0.378. The number of halogens is 1. The summed E-state index contributed by atoms with van der Waals surface area (Å²) in [7, 11) is 0. The fraction of sp³-hybridized carbons (Fsp3) is 0.529. The third-order valence-electron chi connectivity index (χ3n) is 3.88. The first kappa shape index (κ1) is 16.3. The molecule has 1 aliphatic rings. The fourth-order valence-electron chi connectivity index (χ4n) is 2.67. The van der Waals surface area contributed by atoms with E-state index in [0.29, 0.717) is 17.2 Å². The number of aliphatic imine (C=N–C) groups is 1. The minimum Gasteiger partial charge on any atom is -0.357 e. The average molecular weight is 302 g/mol. The van der Waals surface area contributed by atoms with Crippen molar-refractivity contribution in [1.29, 1.82) is 5.26 Å². The first-order chi connectivity index (χ1) is 10.7. The van der Waals surface area contributed by atoms with Crippen LogP contribution < -0.4 is 10.6 Å². The Kier molecular flexibility index (Phi) is 6.20. The van der Waals surface area contributed by atoms with Crippen LogP contribution in [0.5, 0.6) is 0 Å². The maximum absolute atomic E-state index is 13.9. The first-order valence-corrected chi connectivity index (χ1v) is 7.96. The first-order valence-electron chi connectivity index (χ1n) is 7.96. The summed E-state index contributed by atoms with van der Waals surface area (Å²) in [5, 5.41) is 15.4. The van der Waals surface area contributed by atoms with Gasteiger partial charge in [-0.25, -0.2) is 9.38 Å². The van der Waals surface area contributed by atoms with Crippen LogP contribution >= 0.6 is 0 Å². The molecular weight excluding hydrogens is 279 g/mol. The van der Waals surface area contributed by atoms with Crippen molar-refractivity contribution in [3.05, 3.63) is 35.1 Å². The van der Waals surface area contributed by atoms with Crippen molar-refractivity contribution in [2.24, 2.45) is 4.99 Å². The van der Waals surface area contributed by atoms with Crippen molar-refractivity contribution in [3.63, 3.8) is 0 Å². The van der Waals surface area contributed by atoms with Gasteiger partial charge in [0, 0.05) is 18.2 Å². The molecule has 0 aliphatic heterocycles. The zero-order chi connectivity index (χ0) is 15.8. The van der Waals surface area contributed by atoms with Gasteiger partial charge >= 0.3 is 0 Å². The normalized spacial score (nSPS) is 16.1. The molecule has 0 unspecified atom stereocenters. The number of benzene rings is 1. The lowest BCUT2D eigenvalue weighted by atomic mass is 9.96. The smallest absolute Gasteiger partial charge is 0.191 e. The SMILES string of the molecule is CCNC(=NCc1ccc(C#N)cc1F)NC1CCCCC1. The van der Waals surface area contributed by atoms with Gasteiger partial charge in [0.15, 0.2) is 5.96 Å². The molecule has 0 radical (unpaired) electrons. The highest BCUT2D eigenvalue weighted by atomic mass is 19.1. The number of hydrogen-bond donors (Lipinski definition) is 2. The summed E-state index contributed by atoms with van der Waals surface area (Å²) in [6.07, 6.45) is 6.14. The van der Waals surface area contributed by atoms with Gasteiger partial charge in [0.1, 0.15) is 5.82 Å². The van der Waals surface area contributed by atoms with Gasteiger partial charge in [-0.3, -0.25) is 0 Å². The highest BCUT2D eigenvalue weighted by Gasteiger charge is 2.14. The van der Waals surface area contributed by atoms with Gasteiger partial charge < -0.3 is 10.6 Å². The van der Waals surface area contributed by atoms with Crippen LogP contribution in [0.4, 0.5) is 4.39 Å². The summed E-state index contributed by atoms with van der Waals surface area (Å²) < 4.78 is 13.9. The number of nitrogens with zero attached hydrogens (tertiary/aromatic N) is 2. The summed E-state index contributed by atoms with van der Waals surface area (Å²) in [5.74, 6) is 0.356. The van der Waals surface area contributed by atoms with Gasteiger partial charge in [-0.15, -0.1) is 0 Å². The van der Waals surface area contributed by atoms with E-state index in [4.69, 9.17) is 5.26 Å². The summed E-state index contributed by atoms with van der Waals surface area (Å²) >= 11 is 0. The van der Waals surface area contributed by atoms with Gasteiger partial charge in [-0.1, -0.05) is 25.3 Å². The molecule has 0 heterocycles. The molecule has 1 aromatic rings. The lowest BCUT2D eigenvalue weighted by Gasteiger charge is -2.24. The molecule has 0 spiro atoms. The topological polar surface area (TPSA) is 60.2 Å². The predicted octanol–water partition coefficient (Wildman–Crippen LogP) is 3.09. The summed E-state index contributed by atoms with van der Waals surface area (Å²) in [4.78, 5) is 4.47. The number of rotatable bonds is 4. The Morgan fingerprint density at radius 3 is 2.77 bits per heavy atom. The molecule has 0 atom stereocenters. The van der Waals surface area contributed by atoms with Crippen molar-refractivity contribution >= 4 is 5.96 Å².